The molecule has 1 aromatic rings. The number of nitrogens with one attached hydrogen (secondary N) is 1. The van der Waals surface area contributed by atoms with Gasteiger partial charge in [0.05, 0.1) is 24.4 Å². The van der Waals surface area contributed by atoms with E-state index in [2.05, 4.69) is 24.2 Å². The Balaban J connectivity index is 0.00000225. The quantitative estimate of drug-likeness (QED) is 0.373. The van der Waals surface area contributed by atoms with Crippen molar-refractivity contribution in [1.29, 1.82) is 0 Å². The van der Waals surface area contributed by atoms with Gasteiger partial charge >= 0.3 is 0 Å². The van der Waals surface area contributed by atoms with E-state index in [9.17, 15) is 5.11 Å². The average molecular weight is 496 g/mol. The van der Waals surface area contributed by atoms with Gasteiger partial charge in [-0.1, -0.05) is 0 Å². The first-order valence-electron chi connectivity index (χ1n) is 8.87. The SMILES string of the molecule is CCNC(=NCC1(O)CCSC1)N(C)Cc1nc2c(s1)CCCC2.I. The van der Waals surface area contributed by atoms with Gasteiger partial charge in [0.25, 0.3) is 0 Å². The molecule has 0 radical (unpaired) electrons. The Morgan fingerprint density at radius 3 is 2.88 bits per heavy atom. The smallest absolute Gasteiger partial charge is 0.194 e. The number of aryl methyl sites for hydroxylation is 2. The number of guanidine groups is 1. The van der Waals surface area contributed by atoms with Crippen LogP contribution in [0.1, 0.15) is 41.8 Å². The number of thiazole rings is 1. The average Bonchev–Trinajstić information content (AvgIpc) is 3.17. The molecule has 1 aromatic heterocycles. The molecule has 142 valence electrons. The van der Waals surface area contributed by atoms with E-state index in [4.69, 9.17) is 9.98 Å². The fourth-order valence-corrected chi connectivity index (χ4v) is 5.66. The number of aromatic nitrogens is 1. The zero-order valence-electron chi connectivity index (χ0n) is 15.1. The number of hydrogen-bond donors (Lipinski definition) is 2. The summed E-state index contributed by atoms with van der Waals surface area (Å²) in [5.41, 5.74) is 0.681. The zero-order chi connectivity index (χ0) is 17.0. The van der Waals surface area contributed by atoms with Crippen LogP contribution in [0.25, 0.3) is 0 Å². The molecule has 0 saturated carbocycles. The lowest BCUT2D eigenvalue weighted by Gasteiger charge is -2.24. The maximum Gasteiger partial charge on any atom is 0.194 e. The molecule has 1 aliphatic carbocycles. The summed E-state index contributed by atoms with van der Waals surface area (Å²) in [6, 6.07) is 0. The lowest BCUT2D eigenvalue weighted by molar-refractivity contribution is 0.0776. The van der Waals surface area contributed by atoms with Crippen molar-refractivity contribution in [2.45, 2.75) is 51.2 Å². The first-order valence-corrected chi connectivity index (χ1v) is 10.8. The van der Waals surface area contributed by atoms with Gasteiger partial charge in [-0.2, -0.15) is 11.8 Å². The molecule has 25 heavy (non-hydrogen) atoms. The number of halogens is 1. The third kappa shape index (κ3) is 5.71. The Morgan fingerprint density at radius 2 is 2.20 bits per heavy atom. The summed E-state index contributed by atoms with van der Waals surface area (Å²) in [7, 11) is 2.05. The second-order valence-corrected chi connectivity index (χ2v) is 9.01. The maximum absolute atomic E-state index is 10.5. The molecular weight excluding hydrogens is 467 g/mol. The summed E-state index contributed by atoms with van der Waals surface area (Å²) in [5, 5.41) is 15.0. The van der Waals surface area contributed by atoms with Crippen molar-refractivity contribution in [2.75, 3.05) is 31.6 Å². The second-order valence-electron chi connectivity index (χ2n) is 6.74. The highest BCUT2D eigenvalue weighted by atomic mass is 127. The Kier molecular flexibility index (Phi) is 8.29. The van der Waals surface area contributed by atoms with E-state index in [0.29, 0.717) is 6.54 Å². The van der Waals surface area contributed by atoms with Gasteiger partial charge in [-0.15, -0.1) is 35.3 Å². The fraction of sp³-hybridized carbons (Fsp3) is 0.765. The van der Waals surface area contributed by atoms with E-state index < -0.39 is 5.60 Å². The molecule has 1 fully saturated rings. The molecule has 0 aromatic carbocycles. The van der Waals surface area contributed by atoms with Crippen molar-refractivity contribution >= 4 is 53.0 Å². The summed E-state index contributed by atoms with van der Waals surface area (Å²) >= 11 is 3.66. The summed E-state index contributed by atoms with van der Waals surface area (Å²) in [5.74, 6) is 2.68. The molecular formula is C17H29IN4OS2. The van der Waals surface area contributed by atoms with Crippen LogP contribution in [0.5, 0.6) is 0 Å². The van der Waals surface area contributed by atoms with Gasteiger partial charge in [-0.3, -0.25) is 4.99 Å². The highest BCUT2D eigenvalue weighted by Crippen LogP contribution is 2.28. The number of fused-ring (bicyclic) bond motifs is 1. The molecule has 3 rings (SSSR count). The van der Waals surface area contributed by atoms with Crippen LogP contribution in [-0.4, -0.2) is 58.2 Å². The van der Waals surface area contributed by atoms with E-state index in [1.54, 1.807) is 0 Å². The number of hydrogen-bond acceptors (Lipinski definition) is 5. The normalized spacial score (nSPS) is 23.1. The van der Waals surface area contributed by atoms with Gasteiger partial charge in [0.15, 0.2) is 5.96 Å². The standard InChI is InChI=1S/C17H28N4OS2.HI/c1-3-18-16(19-11-17(22)8-9-23-12-17)21(2)10-15-20-13-6-4-5-7-14(13)24-15;/h22H,3-12H2,1-2H3,(H,18,19);1H. The largest absolute Gasteiger partial charge is 0.387 e. The summed E-state index contributed by atoms with van der Waals surface area (Å²) in [6.07, 6.45) is 5.73. The van der Waals surface area contributed by atoms with Crippen molar-refractivity contribution in [3.63, 3.8) is 0 Å². The molecule has 1 aliphatic heterocycles. The number of aliphatic imine (C=N–C) groups is 1. The minimum Gasteiger partial charge on any atom is -0.387 e. The molecule has 5 nitrogen and oxygen atoms in total. The third-order valence-corrected chi connectivity index (χ3v) is 6.94. The van der Waals surface area contributed by atoms with Crippen LogP contribution in [0.2, 0.25) is 0 Å². The van der Waals surface area contributed by atoms with Crippen LogP contribution in [-0.2, 0) is 19.4 Å². The first kappa shape index (κ1) is 21.2. The fourth-order valence-electron chi connectivity index (χ4n) is 3.16. The second kappa shape index (κ2) is 9.75. The minimum atomic E-state index is -0.632. The predicted molar refractivity (Wildman–Crippen MR) is 119 cm³/mol. The van der Waals surface area contributed by atoms with Crippen molar-refractivity contribution in [1.82, 2.24) is 15.2 Å². The first-order chi connectivity index (χ1) is 11.6. The van der Waals surface area contributed by atoms with Gasteiger partial charge < -0.3 is 15.3 Å². The van der Waals surface area contributed by atoms with Gasteiger partial charge in [0.2, 0.25) is 0 Å². The monoisotopic (exact) mass is 496 g/mol. The molecule has 2 heterocycles. The van der Waals surface area contributed by atoms with Crippen LogP contribution in [0.15, 0.2) is 4.99 Å². The van der Waals surface area contributed by atoms with E-state index in [-0.39, 0.29) is 24.0 Å². The molecule has 8 heteroatoms. The molecule has 1 saturated heterocycles. The number of nitrogens with zero attached hydrogens (tertiary/aromatic N) is 3. The van der Waals surface area contributed by atoms with Crippen molar-refractivity contribution in [3.05, 3.63) is 15.6 Å². The van der Waals surface area contributed by atoms with Gasteiger partial charge in [0.1, 0.15) is 5.01 Å². The topological polar surface area (TPSA) is 60.8 Å². The van der Waals surface area contributed by atoms with E-state index in [0.717, 1.165) is 43.4 Å². The number of rotatable bonds is 5. The summed E-state index contributed by atoms with van der Waals surface area (Å²) in [6.45, 7) is 4.15. The molecule has 1 unspecified atom stereocenters. The lowest BCUT2D eigenvalue weighted by Crippen LogP contribution is -2.41. The maximum atomic E-state index is 10.5. The van der Waals surface area contributed by atoms with Crippen LogP contribution in [0.4, 0.5) is 0 Å². The van der Waals surface area contributed by atoms with Crippen molar-refractivity contribution < 1.29 is 5.11 Å². The Hall–Kier alpha value is -0.0600. The number of aliphatic hydroxyl groups is 1. The molecule has 0 spiro atoms. The Labute approximate surface area is 176 Å². The Morgan fingerprint density at radius 1 is 1.40 bits per heavy atom. The van der Waals surface area contributed by atoms with E-state index in [1.165, 1.54) is 34.8 Å². The Bertz CT molecular complexity index is 564. The van der Waals surface area contributed by atoms with Crippen molar-refractivity contribution in [3.8, 4) is 0 Å². The highest BCUT2D eigenvalue weighted by Gasteiger charge is 2.31. The molecule has 2 aliphatic rings. The van der Waals surface area contributed by atoms with Gasteiger partial charge in [-0.25, -0.2) is 4.98 Å². The molecule has 2 N–H and O–H groups in total. The van der Waals surface area contributed by atoms with Gasteiger partial charge in [-0.05, 0) is 44.8 Å². The predicted octanol–water partition coefficient (Wildman–Crippen LogP) is 2.91. The minimum absolute atomic E-state index is 0. The highest BCUT2D eigenvalue weighted by molar-refractivity contribution is 14.0. The van der Waals surface area contributed by atoms with E-state index in [1.807, 2.05) is 23.1 Å². The molecule has 0 amide bonds. The lowest BCUT2D eigenvalue weighted by atomic mass is 10.0. The summed E-state index contributed by atoms with van der Waals surface area (Å²) < 4.78 is 0. The number of thioether (sulfide) groups is 1. The van der Waals surface area contributed by atoms with Crippen LogP contribution >= 0.6 is 47.1 Å². The van der Waals surface area contributed by atoms with E-state index >= 15 is 0 Å². The van der Waals surface area contributed by atoms with Gasteiger partial charge in [0, 0.05) is 24.2 Å². The summed E-state index contributed by atoms with van der Waals surface area (Å²) in [4.78, 5) is 13.1. The molecule has 1 atom stereocenters. The van der Waals surface area contributed by atoms with Crippen LogP contribution < -0.4 is 5.32 Å². The molecule has 0 bridgehead atoms. The zero-order valence-corrected chi connectivity index (χ0v) is 19.0. The third-order valence-electron chi connectivity index (χ3n) is 4.56. The van der Waals surface area contributed by atoms with Crippen LogP contribution in [0, 0.1) is 0 Å². The van der Waals surface area contributed by atoms with Crippen molar-refractivity contribution in [2.24, 2.45) is 4.99 Å². The van der Waals surface area contributed by atoms with Crippen LogP contribution in [0.3, 0.4) is 0 Å².